The first-order valence-electron chi connectivity index (χ1n) is 12.7. The van der Waals surface area contributed by atoms with Crippen LogP contribution in [0, 0.1) is 17.8 Å². The van der Waals surface area contributed by atoms with E-state index in [4.69, 9.17) is 4.74 Å². The van der Waals surface area contributed by atoms with Gasteiger partial charge in [-0.1, -0.05) is 71.3 Å². The predicted octanol–water partition coefficient (Wildman–Crippen LogP) is 7.14. The second-order valence-electron chi connectivity index (χ2n) is 8.73. The van der Waals surface area contributed by atoms with Gasteiger partial charge in [0, 0.05) is 25.8 Å². The molecule has 4 heteroatoms. The van der Waals surface area contributed by atoms with E-state index in [1.807, 2.05) is 0 Å². The Bertz CT molecular complexity index is 690. The van der Waals surface area contributed by atoms with Crippen molar-refractivity contribution in [2.75, 3.05) is 7.11 Å². The number of phenolic OH excluding ortho intramolecular Hbond substituents is 1. The molecule has 0 aliphatic heterocycles. The Morgan fingerprint density at radius 3 is 2.53 bits per heavy atom. The molecule has 1 aromatic carbocycles. The zero-order chi connectivity index (χ0) is 23.4. The van der Waals surface area contributed by atoms with Crippen molar-refractivity contribution in [3.05, 3.63) is 23.8 Å². The first kappa shape index (κ1) is 27.9. The Morgan fingerprint density at radius 2 is 1.78 bits per heavy atom. The molecule has 1 aromatic rings. The average molecular weight is 444 g/mol. The van der Waals surface area contributed by atoms with Crippen LogP contribution in [0.25, 0.3) is 0 Å². The molecule has 0 aliphatic rings. The number of phenols is 1. The number of amides is 1. The van der Waals surface area contributed by atoms with Gasteiger partial charge in [0.2, 0.25) is 5.91 Å². The number of benzene rings is 1. The molecule has 1 rings (SSSR count). The Morgan fingerprint density at radius 1 is 1.03 bits per heavy atom. The quantitative estimate of drug-likeness (QED) is 0.199. The van der Waals surface area contributed by atoms with Crippen LogP contribution in [0.2, 0.25) is 0 Å². The Kier molecular flexibility index (Phi) is 16.1. The molecular formula is C28H45NO3. The first-order valence-corrected chi connectivity index (χ1v) is 12.7. The summed E-state index contributed by atoms with van der Waals surface area (Å²) in [6.45, 7) is 5.00. The molecule has 2 N–H and O–H groups in total. The lowest BCUT2D eigenvalue weighted by Crippen LogP contribution is -2.22. The summed E-state index contributed by atoms with van der Waals surface area (Å²) in [7, 11) is 1.52. The minimum absolute atomic E-state index is 0.0723. The third kappa shape index (κ3) is 13.3. The molecule has 0 aromatic heterocycles. The van der Waals surface area contributed by atoms with Gasteiger partial charge in [0.15, 0.2) is 11.5 Å². The van der Waals surface area contributed by atoms with Crippen molar-refractivity contribution in [1.82, 2.24) is 5.32 Å². The fourth-order valence-electron chi connectivity index (χ4n) is 3.77. The average Bonchev–Trinajstić information content (AvgIpc) is 2.81. The number of methoxy groups -OCH3 is 1. The molecule has 4 nitrogen and oxygen atoms in total. The highest BCUT2D eigenvalue weighted by molar-refractivity contribution is 5.75. The zero-order valence-electron chi connectivity index (χ0n) is 20.7. The van der Waals surface area contributed by atoms with Gasteiger partial charge in [-0.2, -0.15) is 0 Å². The van der Waals surface area contributed by atoms with Crippen LogP contribution >= 0.6 is 0 Å². The summed E-state index contributed by atoms with van der Waals surface area (Å²) in [6.07, 6.45) is 16.1. The Labute approximate surface area is 196 Å². The van der Waals surface area contributed by atoms with Gasteiger partial charge in [-0.15, -0.1) is 11.8 Å². The molecule has 180 valence electrons. The number of ether oxygens (including phenoxy) is 1. The lowest BCUT2D eigenvalue weighted by atomic mass is 9.95. The standard InChI is InChI=1S/C28H45NO3/c1-4-6-7-14-17-24(5-2)18-15-12-10-8-9-11-13-16-19-28(31)29-23-25-20-21-26(30)27(22-25)32-3/h20-22,24,30H,4-11,13-14,16-19,23H2,1-3H3,(H,29,31). The molecule has 0 aliphatic carbocycles. The number of rotatable bonds is 17. The Hall–Kier alpha value is -2.15. The van der Waals surface area contributed by atoms with E-state index in [2.05, 4.69) is 31.0 Å². The minimum Gasteiger partial charge on any atom is -0.504 e. The number of hydrogen-bond acceptors (Lipinski definition) is 3. The summed E-state index contributed by atoms with van der Waals surface area (Å²) in [5.74, 6) is 8.16. The highest BCUT2D eigenvalue weighted by Crippen LogP contribution is 2.26. The van der Waals surface area contributed by atoms with Crippen LogP contribution in [-0.2, 0) is 11.3 Å². The van der Waals surface area contributed by atoms with Crippen molar-refractivity contribution >= 4 is 5.91 Å². The molecule has 32 heavy (non-hydrogen) atoms. The highest BCUT2D eigenvalue weighted by Gasteiger charge is 2.05. The second-order valence-corrected chi connectivity index (χ2v) is 8.73. The van der Waals surface area contributed by atoms with E-state index in [0.29, 0.717) is 18.7 Å². The first-order chi connectivity index (χ1) is 15.6. The van der Waals surface area contributed by atoms with E-state index in [1.165, 1.54) is 58.5 Å². The van der Waals surface area contributed by atoms with Crippen LogP contribution in [0.1, 0.15) is 109 Å². The van der Waals surface area contributed by atoms with E-state index in [-0.39, 0.29) is 11.7 Å². The highest BCUT2D eigenvalue weighted by atomic mass is 16.5. The summed E-state index contributed by atoms with van der Waals surface area (Å²) in [5, 5.41) is 12.5. The molecule has 0 saturated carbocycles. The van der Waals surface area contributed by atoms with Crippen molar-refractivity contribution in [3.63, 3.8) is 0 Å². The monoisotopic (exact) mass is 443 g/mol. The summed E-state index contributed by atoms with van der Waals surface area (Å²) in [5.41, 5.74) is 0.913. The normalized spacial score (nSPS) is 11.5. The number of nitrogens with one attached hydrogen (secondary N) is 1. The van der Waals surface area contributed by atoms with Crippen LogP contribution < -0.4 is 10.1 Å². The molecule has 0 fully saturated rings. The number of carbonyl (C=O) groups is 1. The number of aromatic hydroxyl groups is 1. The van der Waals surface area contributed by atoms with Crippen LogP contribution in [0.3, 0.4) is 0 Å². The van der Waals surface area contributed by atoms with Gasteiger partial charge < -0.3 is 15.2 Å². The van der Waals surface area contributed by atoms with Crippen molar-refractivity contribution in [2.24, 2.45) is 5.92 Å². The van der Waals surface area contributed by atoms with E-state index in [0.717, 1.165) is 43.6 Å². The smallest absolute Gasteiger partial charge is 0.220 e. The van der Waals surface area contributed by atoms with Crippen LogP contribution in [0.5, 0.6) is 11.5 Å². The maximum Gasteiger partial charge on any atom is 0.220 e. The topological polar surface area (TPSA) is 58.6 Å². The van der Waals surface area contributed by atoms with Gasteiger partial charge in [-0.05, 0) is 42.9 Å². The molecule has 0 bridgehead atoms. The molecule has 1 amide bonds. The van der Waals surface area contributed by atoms with Gasteiger partial charge in [0.25, 0.3) is 0 Å². The van der Waals surface area contributed by atoms with Crippen molar-refractivity contribution in [2.45, 2.75) is 110 Å². The van der Waals surface area contributed by atoms with Crippen LogP contribution in [0.15, 0.2) is 18.2 Å². The molecule has 1 unspecified atom stereocenters. The largest absolute Gasteiger partial charge is 0.504 e. The lowest BCUT2D eigenvalue weighted by Gasteiger charge is -2.10. The molecule has 1 atom stereocenters. The number of unbranched alkanes of at least 4 members (excludes halogenated alkanes) is 8. The third-order valence-corrected chi connectivity index (χ3v) is 6.00. The number of hydrogen-bond donors (Lipinski definition) is 2. The van der Waals surface area contributed by atoms with Gasteiger partial charge in [-0.25, -0.2) is 0 Å². The summed E-state index contributed by atoms with van der Waals surface area (Å²) in [6, 6.07) is 5.12. The molecule has 0 radical (unpaired) electrons. The number of carbonyl (C=O) groups excluding carboxylic acids is 1. The van der Waals surface area contributed by atoms with Crippen molar-refractivity contribution in [1.29, 1.82) is 0 Å². The third-order valence-electron chi connectivity index (χ3n) is 6.00. The maximum atomic E-state index is 12.0. The van der Waals surface area contributed by atoms with Gasteiger partial charge >= 0.3 is 0 Å². The Balaban J connectivity index is 2.02. The predicted molar refractivity (Wildman–Crippen MR) is 134 cm³/mol. The molecule has 0 saturated heterocycles. The van der Waals surface area contributed by atoms with Crippen molar-refractivity contribution < 1.29 is 14.6 Å². The molecule has 0 heterocycles. The summed E-state index contributed by atoms with van der Waals surface area (Å²) in [4.78, 5) is 12.0. The van der Waals surface area contributed by atoms with Crippen molar-refractivity contribution in [3.8, 4) is 23.3 Å². The van der Waals surface area contributed by atoms with E-state index in [1.54, 1.807) is 18.2 Å². The summed E-state index contributed by atoms with van der Waals surface area (Å²) >= 11 is 0. The fourth-order valence-corrected chi connectivity index (χ4v) is 3.77. The van der Waals surface area contributed by atoms with Gasteiger partial charge in [0.1, 0.15) is 0 Å². The van der Waals surface area contributed by atoms with E-state index < -0.39 is 0 Å². The van der Waals surface area contributed by atoms with Gasteiger partial charge in [0.05, 0.1) is 7.11 Å². The lowest BCUT2D eigenvalue weighted by molar-refractivity contribution is -0.121. The fraction of sp³-hybridized carbons (Fsp3) is 0.679. The molecule has 0 spiro atoms. The molecular weight excluding hydrogens is 398 g/mol. The van der Waals surface area contributed by atoms with Crippen LogP contribution in [0.4, 0.5) is 0 Å². The SMILES string of the molecule is CCCCCCC(CC)CC#CCCCCCCCC(=O)NCc1ccc(O)c(OC)c1. The zero-order valence-corrected chi connectivity index (χ0v) is 20.7. The maximum absolute atomic E-state index is 12.0. The van der Waals surface area contributed by atoms with E-state index >= 15 is 0 Å². The van der Waals surface area contributed by atoms with Gasteiger partial charge in [-0.3, -0.25) is 4.79 Å². The van der Waals surface area contributed by atoms with Crippen LogP contribution in [-0.4, -0.2) is 18.1 Å². The second kappa shape index (κ2) is 18.4. The van der Waals surface area contributed by atoms with E-state index in [9.17, 15) is 9.90 Å². The summed E-state index contributed by atoms with van der Waals surface area (Å²) < 4.78 is 5.09. The minimum atomic E-state index is 0.0723.